The van der Waals surface area contributed by atoms with E-state index in [9.17, 15) is 0 Å². The minimum atomic E-state index is 0.416. The van der Waals surface area contributed by atoms with Gasteiger partial charge in [0, 0.05) is 5.69 Å². The summed E-state index contributed by atoms with van der Waals surface area (Å²) < 4.78 is 1.93. The second kappa shape index (κ2) is 4.71. The second-order valence-corrected chi connectivity index (χ2v) is 4.75. The van der Waals surface area contributed by atoms with E-state index in [1.165, 1.54) is 0 Å². The van der Waals surface area contributed by atoms with Crippen LogP contribution in [0.25, 0.3) is 16.7 Å². The highest BCUT2D eigenvalue weighted by Crippen LogP contribution is 2.25. The Morgan fingerprint density at radius 3 is 2.65 bits per heavy atom. The van der Waals surface area contributed by atoms with Crippen molar-refractivity contribution in [3.05, 3.63) is 53.6 Å². The van der Waals surface area contributed by atoms with Crippen molar-refractivity contribution in [1.29, 1.82) is 5.26 Å². The number of aromatic nitrogens is 2. The van der Waals surface area contributed by atoms with Gasteiger partial charge in [-0.25, -0.2) is 4.98 Å². The fourth-order valence-electron chi connectivity index (χ4n) is 2.38. The molecule has 0 fully saturated rings. The van der Waals surface area contributed by atoms with Gasteiger partial charge < -0.3 is 5.73 Å². The molecule has 0 unspecified atom stereocenters. The molecule has 4 nitrogen and oxygen atoms in total. The Labute approximate surface area is 117 Å². The second-order valence-electron chi connectivity index (χ2n) is 4.75. The summed E-state index contributed by atoms with van der Waals surface area (Å²) in [6.45, 7) is 2.02. The molecule has 3 aromatic rings. The number of anilines is 1. The van der Waals surface area contributed by atoms with Crippen molar-refractivity contribution >= 4 is 17.0 Å². The SMILES string of the molecule is Cc1cccc2c1nc(N)n2-c1ccc(CC#N)cc1. The maximum atomic E-state index is 8.70. The summed E-state index contributed by atoms with van der Waals surface area (Å²) in [6, 6.07) is 16.0. The van der Waals surface area contributed by atoms with E-state index in [4.69, 9.17) is 11.0 Å². The van der Waals surface area contributed by atoms with Gasteiger partial charge in [0.15, 0.2) is 0 Å². The number of fused-ring (bicyclic) bond motifs is 1. The van der Waals surface area contributed by atoms with Crippen molar-refractivity contribution in [3.8, 4) is 11.8 Å². The molecule has 3 rings (SSSR count). The molecule has 1 heterocycles. The van der Waals surface area contributed by atoms with Crippen LogP contribution in [0, 0.1) is 18.3 Å². The predicted octanol–water partition coefficient (Wildman–Crippen LogP) is 2.98. The third-order valence-corrected chi connectivity index (χ3v) is 3.39. The minimum Gasteiger partial charge on any atom is -0.369 e. The molecule has 1 aromatic heterocycles. The number of hydrogen-bond acceptors (Lipinski definition) is 3. The van der Waals surface area contributed by atoms with Crippen LogP contribution in [0.2, 0.25) is 0 Å². The lowest BCUT2D eigenvalue weighted by Gasteiger charge is -2.07. The number of imidazole rings is 1. The first-order valence-electron chi connectivity index (χ1n) is 6.40. The maximum absolute atomic E-state index is 8.70. The van der Waals surface area contributed by atoms with Gasteiger partial charge in [0.1, 0.15) is 0 Å². The number of benzene rings is 2. The van der Waals surface area contributed by atoms with Gasteiger partial charge in [0.2, 0.25) is 5.95 Å². The highest BCUT2D eigenvalue weighted by Gasteiger charge is 2.11. The number of nitrogens with zero attached hydrogens (tertiary/aromatic N) is 3. The lowest BCUT2D eigenvalue weighted by atomic mass is 10.1. The van der Waals surface area contributed by atoms with E-state index >= 15 is 0 Å². The van der Waals surface area contributed by atoms with Crippen LogP contribution in [0.15, 0.2) is 42.5 Å². The first-order chi connectivity index (χ1) is 9.70. The summed E-state index contributed by atoms with van der Waals surface area (Å²) in [5.74, 6) is 0.474. The lowest BCUT2D eigenvalue weighted by Crippen LogP contribution is -2.00. The first kappa shape index (κ1) is 12.2. The molecule has 0 saturated carbocycles. The van der Waals surface area contributed by atoms with Crippen LogP contribution >= 0.6 is 0 Å². The van der Waals surface area contributed by atoms with E-state index in [1.807, 2.05) is 54.0 Å². The zero-order chi connectivity index (χ0) is 14.1. The number of nitrogens with two attached hydrogens (primary N) is 1. The van der Waals surface area contributed by atoms with Crippen LogP contribution in [0.3, 0.4) is 0 Å². The standard InChI is InChI=1S/C16H14N4/c1-11-3-2-4-14-15(11)19-16(18)20(14)13-7-5-12(6-8-13)9-10-17/h2-8H,9H2,1H3,(H2,18,19). The number of nitrogen functional groups attached to an aromatic ring is 1. The molecule has 98 valence electrons. The normalized spacial score (nSPS) is 10.6. The van der Waals surface area contributed by atoms with E-state index in [0.717, 1.165) is 27.8 Å². The van der Waals surface area contributed by atoms with Crippen molar-refractivity contribution in [2.45, 2.75) is 13.3 Å². The van der Waals surface area contributed by atoms with Crippen LogP contribution in [0.1, 0.15) is 11.1 Å². The molecule has 0 spiro atoms. The molecule has 20 heavy (non-hydrogen) atoms. The van der Waals surface area contributed by atoms with Gasteiger partial charge in [-0.15, -0.1) is 0 Å². The average molecular weight is 262 g/mol. The number of nitriles is 1. The summed E-state index contributed by atoms with van der Waals surface area (Å²) in [5, 5.41) is 8.70. The van der Waals surface area contributed by atoms with Crippen molar-refractivity contribution in [3.63, 3.8) is 0 Å². The highest BCUT2D eigenvalue weighted by molar-refractivity contribution is 5.83. The summed E-state index contributed by atoms with van der Waals surface area (Å²) in [5.41, 5.74) is 11.0. The molecule has 0 saturated heterocycles. The molecular formula is C16H14N4. The molecule has 0 bridgehead atoms. The van der Waals surface area contributed by atoms with Crippen molar-refractivity contribution < 1.29 is 0 Å². The summed E-state index contributed by atoms with van der Waals surface area (Å²) in [6.07, 6.45) is 0.416. The topological polar surface area (TPSA) is 67.6 Å². The lowest BCUT2D eigenvalue weighted by molar-refractivity contribution is 1.10. The zero-order valence-corrected chi connectivity index (χ0v) is 11.2. The summed E-state index contributed by atoms with van der Waals surface area (Å²) >= 11 is 0. The molecular weight excluding hydrogens is 248 g/mol. The summed E-state index contributed by atoms with van der Waals surface area (Å²) in [4.78, 5) is 4.44. The minimum absolute atomic E-state index is 0.416. The van der Waals surface area contributed by atoms with Gasteiger partial charge in [-0.1, -0.05) is 24.3 Å². The van der Waals surface area contributed by atoms with Crippen LogP contribution in [0.4, 0.5) is 5.95 Å². The maximum Gasteiger partial charge on any atom is 0.205 e. The Kier molecular flexibility index (Phi) is 2.88. The van der Waals surface area contributed by atoms with E-state index in [0.29, 0.717) is 12.4 Å². The van der Waals surface area contributed by atoms with Gasteiger partial charge in [-0.3, -0.25) is 4.57 Å². The Hall–Kier alpha value is -2.80. The third kappa shape index (κ3) is 1.90. The molecule has 0 aliphatic rings. The number of para-hydroxylation sites is 1. The number of aryl methyl sites for hydroxylation is 1. The third-order valence-electron chi connectivity index (χ3n) is 3.39. The average Bonchev–Trinajstić information content (AvgIpc) is 2.78. The van der Waals surface area contributed by atoms with E-state index in [2.05, 4.69) is 11.1 Å². The van der Waals surface area contributed by atoms with Crippen LogP contribution < -0.4 is 5.73 Å². The molecule has 4 heteroatoms. The van der Waals surface area contributed by atoms with Crippen LogP contribution in [-0.4, -0.2) is 9.55 Å². The van der Waals surface area contributed by atoms with E-state index < -0.39 is 0 Å². The predicted molar refractivity (Wildman–Crippen MR) is 79.5 cm³/mol. The van der Waals surface area contributed by atoms with Gasteiger partial charge in [-0.2, -0.15) is 5.26 Å². The van der Waals surface area contributed by atoms with Gasteiger partial charge >= 0.3 is 0 Å². The first-order valence-corrected chi connectivity index (χ1v) is 6.40. The molecule has 0 amide bonds. The fourth-order valence-corrected chi connectivity index (χ4v) is 2.38. The molecule has 0 aliphatic heterocycles. The largest absolute Gasteiger partial charge is 0.369 e. The quantitative estimate of drug-likeness (QED) is 0.772. The van der Waals surface area contributed by atoms with Gasteiger partial charge in [0.25, 0.3) is 0 Å². The Morgan fingerprint density at radius 1 is 1.20 bits per heavy atom. The van der Waals surface area contributed by atoms with E-state index in [-0.39, 0.29) is 0 Å². The Bertz CT molecular complexity index is 807. The number of rotatable bonds is 2. The highest BCUT2D eigenvalue weighted by atomic mass is 15.2. The zero-order valence-electron chi connectivity index (χ0n) is 11.2. The molecule has 0 atom stereocenters. The van der Waals surface area contributed by atoms with Gasteiger partial charge in [0.05, 0.1) is 23.5 Å². The Morgan fingerprint density at radius 2 is 1.95 bits per heavy atom. The summed E-state index contributed by atoms with van der Waals surface area (Å²) in [7, 11) is 0. The van der Waals surface area contributed by atoms with Crippen molar-refractivity contribution in [2.24, 2.45) is 0 Å². The molecule has 2 aromatic carbocycles. The van der Waals surface area contributed by atoms with Crippen LogP contribution in [-0.2, 0) is 6.42 Å². The molecule has 0 radical (unpaired) electrons. The van der Waals surface area contributed by atoms with Crippen molar-refractivity contribution in [1.82, 2.24) is 9.55 Å². The molecule has 0 aliphatic carbocycles. The van der Waals surface area contributed by atoms with Crippen molar-refractivity contribution in [2.75, 3.05) is 5.73 Å². The fraction of sp³-hybridized carbons (Fsp3) is 0.125. The number of hydrogen-bond donors (Lipinski definition) is 1. The smallest absolute Gasteiger partial charge is 0.205 e. The van der Waals surface area contributed by atoms with E-state index in [1.54, 1.807) is 0 Å². The Balaban J connectivity index is 2.17. The molecule has 2 N–H and O–H groups in total. The monoisotopic (exact) mass is 262 g/mol. The van der Waals surface area contributed by atoms with Gasteiger partial charge in [-0.05, 0) is 36.2 Å². The van der Waals surface area contributed by atoms with Crippen LogP contribution in [0.5, 0.6) is 0 Å².